The van der Waals surface area contributed by atoms with Gasteiger partial charge in [0.25, 0.3) is 0 Å². The lowest BCUT2D eigenvalue weighted by Gasteiger charge is -2.29. The van der Waals surface area contributed by atoms with E-state index in [1.807, 2.05) is 0 Å². The summed E-state index contributed by atoms with van der Waals surface area (Å²) < 4.78 is 14.8. The highest BCUT2D eigenvalue weighted by Gasteiger charge is 2.28. The van der Waals surface area contributed by atoms with Crippen LogP contribution in [0.2, 0.25) is 0 Å². The van der Waals surface area contributed by atoms with Crippen molar-refractivity contribution in [2.45, 2.75) is 45.1 Å². The number of benzene rings is 19. The zero-order valence-corrected chi connectivity index (χ0v) is 70.2. The van der Waals surface area contributed by atoms with Gasteiger partial charge in [-0.25, -0.2) is 0 Å². The summed E-state index contributed by atoms with van der Waals surface area (Å²) in [6, 6.07) is 164. The van der Waals surface area contributed by atoms with Crippen molar-refractivity contribution < 1.29 is 0 Å². The Labute approximate surface area is 735 Å². The average Bonchev–Trinajstić information content (AvgIpc) is 1.30. The fourth-order valence-electron chi connectivity index (χ4n) is 21.5. The molecule has 0 unspecified atom stereocenters. The Morgan fingerprint density at radius 2 is 0.244 bits per heavy atom. The zero-order valence-electron chi connectivity index (χ0n) is 70.2. The topological polar surface area (TPSA) is 29.6 Å². The first kappa shape index (κ1) is 73.7. The van der Waals surface area contributed by atoms with Gasteiger partial charge in [0.15, 0.2) is 0 Å². The Bertz CT molecular complexity index is 7960. The normalized spacial score (nSPS) is 12.0. The maximum Gasteiger partial charge on any atom is 0.0541 e. The molecule has 0 fully saturated rings. The van der Waals surface area contributed by atoms with Crippen LogP contribution >= 0.6 is 0 Å². The molecule has 127 heavy (non-hydrogen) atoms. The van der Waals surface area contributed by atoms with Crippen LogP contribution in [-0.2, 0) is 45.1 Å². The van der Waals surface area contributed by atoms with Gasteiger partial charge in [-0.3, -0.25) is 0 Å². The molecule has 0 aliphatic heterocycles. The van der Waals surface area contributed by atoms with Gasteiger partial charge in [0, 0.05) is 111 Å². The van der Waals surface area contributed by atoms with Gasteiger partial charge in [0.1, 0.15) is 0 Å². The molecule has 6 heterocycles. The summed E-state index contributed by atoms with van der Waals surface area (Å²) in [5.74, 6) is 0. The largest absolute Gasteiger partial charge is 0.336 e. The molecule has 0 amide bonds. The number of aromatic nitrogens is 6. The predicted octanol–water partition coefficient (Wildman–Crippen LogP) is 29.9. The van der Waals surface area contributed by atoms with E-state index in [0.717, 1.165) is 35.0 Å². The van der Waals surface area contributed by atoms with Crippen LogP contribution in [0.3, 0.4) is 0 Å². The monoisotopic (exact) mass is 1620 g/mol. The molecule has 6 heteroatoms. The Morgan fingerprint density at radius 1 is 0.118 bits per heavy atom. The van der Waals surface area contributed by atoms with Crippen LogP contribution in [0.25, 0.3) is 159 Å². The maximum atomic E-state index is 2.51. The van der Waals surface area contributed by atoms with Crippen molar-refractivity contribution in [3.63, 3.8) is 0 Å². The van der Waals surface area contributed by atoms with E-state index in [1.165, 1.54) is 203 Å². The van der Waals surface area contributed by atoms with Gasteiger partial charge in [-0.15, -0.1) is 0 Å². The van der Waals surface area contributed by atoms with Crippen molar-refractivity contribution >= 4 is 131 Å². The molecular formula is C121H86N6. The highest BCUT2D eigenvalue weighted by atomic mass is 15.0. The van der Waals surface area contributed by atoms with Crippen LogP contribution in [0, 0.1) is 0 Å². The number of fused-ring (bicyclic) bond motifs is 18. The third-order valence-corrected chi connectivity index (χ3v) is 27.4. The van der Waals surface area contributed by atoms with Crippen LogP contribution < -0.4 is 0 Å². The minimum atomic E-state index is 0.689. The Balaban J connectivity index is 0.732. The standard InChI is InChI=1S/C121H86N6/c1-13-37-110-92(25-1)93-26-2-14-38-111(93)122(110)79-86-51-49-80(50-52-86)73-104-105(74-81-53-63-87(64-54-81)123-112-39-15-3-27-94(112)95-28-4-16-40-113(95)123)107(76-83-57-67-89(68-58-83)125-116-43-19-7-31-98(116)99-32-8-20-44-117(99)125)109(78-85-61-71-91(72-62-85)127-120-47-23-11-35-102(120)103-36-12-24-48-121(103)127)108(77-84-59-69-90(70-60-84)126-118-45-21-9-33-100(118)101-34-10-22-46-119(101)126)106(104)75-82-55-65-88(66-56-82)124-114-41-17-5-29-96(114)97-30-6-18-42-115(97)124/h1-72H,73-79H2. The molecule has 0 spiro atoms. The van der Waals surface area contributed by atoms with Gasteiger partial charge in [0.2, 0.25) is 0 Å². The fourth-order valence-corrected chi connectivity index (χ4v) is 21.5. The second-order valence-electron chi connectivity index (χ2n) is 34.5. The molecule has 0 aliphatic carbocycles. The van der Waals surface area contributed by atoms with Crippen LogP contribution in [-0.4, -0.2) is 27.4 Å². The molecule has 6 aromatic heterocycles. The summed E-state index contributed by atoms with van der Waals surface area (Å²) >= 11 is 0. The number of nitrogens with zero attached hydrogens (tertiary/aromatic N) is 6. The van der Waals surface area contributed by atoms with Gasteiger partial charge in [0.05, 0.1) is 55.2 Å². The minimum absolute atomic E-state index is 0.689. The molecule has 0 radical (unpaired) electrons. The molecule has 6 nitrogen and oxygen atoms in total. The third-order valence-electron chi connectivity index (χ3n) is 27.4. The van der Waals surface area contributed by atoms with Gasteiger partial charge in [-0.1, -0.05) is 303 Å². The second-order valence-corrected chi connectivity index (χ2v) is 34.5. The molecule has 25 rings (SSSR count). The SMILES string of the molecule is c1ccc2c(c1)c1ccccc1n2Cc1ccc(Cc2c(Cc3ccc(-n4c5ccccc5c5ccccc54)cc3)c(Cc3ccc(-n4c5ccccc5c5ccccc54)cc3)c(Cc3ccc(-n4c5ccccc5c5ccccc54)cc3)c(Cc3ccc(-n4c5ccccc5c5ccccc54)cc3)c2Cc2ccc(-n3c4ccccc4c4ccccc43)cc2)cc1. The molecule has 25 aromatic rings. The van der Waals surface area contributed by atoms with Crippen LogP contribution in [0.1, 0.15) is 72.3 Å². The van der Waals surface area contributed by atoms with Gasteiger partial charge < -0.3 is 27.4 Å². The summed E-state index contributed by atoms with van der Waals surface area (Å²) in [7, 11) is 0. The maximum absolute atomic E-state index is 2.51. The fraction of sp³-hybridized carbons (Fsp3) is 0.0579. The number of para-hydroxylation sites is 12. The van der Waals surface area contributed by atoms with Gasteiger partial charge >= 0.3 is 0 Å². The Hall–Kier alpha value is -16.0. The molecule has 0 aliphatic rings. The van der Waals surface area contributed by atoms with E-state index in [0.29, 0.717) is 38.5 Å². The highest BCUT2D eigenvalue weighted by Crippen LogP contribution is 2.44. The molecule has 600 valence electrons. The molecular weight excluding hydrogens is 1540 g/mol. The molecule has 0 N–H and O–H groups in total. The van der Waals surface area contributed by atoms with Crippen LogP contribution in [0.4, 0.5) is 0 Å². The van der Waals surface area contributed by atoms with Crippen molar-refractivity contribution in [3.05, 3.63) is 509 Å². The number of hydrogen-bond donors (Lipinski definition) is 0. The quantitative estimate of drug-likeness (QED) is 0.0772. The zero-order chi connectivity index (χ0) is 83.6. The van der Waals surface area contributed by atoms with Gasteiger partial charge in [-0.2, -0.15) is 0 Å². The lowest BCUT2D eigenvalue weighted by atomic mass is 9.76. The first-order valence-electron chi connectivity index (χ1n) is 44.6. The van der Waals surface area contributed by atoms with E-state index in [-0.39, 0.29) is 0 Å². The molecule has 0 saturated heterocycles. The lowest BCUT2D eigenvalue weighted by molar-refractivity contribution is 0.867. The van der Waals surface area contributed by atoms with Crippen LogP contribution in [0.5, 0.6) is 0 Å². The number of rotatable bonds is 19. The summed E-state index contributed by atoms with van der Waals surface area (Å²) in [5, 5.41) is 15.1. The number of hydrogen-bond acceptors (Lipinski definition) is 0. The Kier molecular flexibility index (Phi) is 17.7. The summed E-state index contributed by atoms with van der Waals surface area (Å²) in [6.07, 6.45) is 4.15. The van der Waals surface area contributed by atoms with Crippen molar-refractivity contribution in [2.24, 2.45) is 0 Å². The third kappa shape index (κ3) is 12.5. The van der Waals surface area contributed by atoms with Gasteiger partial charge in [-0.05, 0) is 244 Å². The summed E-state index contributed by atoms with van der Waals surface area (Å²) in [5.41, 5.74) is 37.2. The smallest absolute Gasteiger partial charge is 0.0541 e. The molecule has 0 bridgehead atoms. The molecule has 0 atom stereocenters. The molecule has 19 aromatic carbocycles. The van der Waals surface area contributed by atoms with Crippen molar-refractivity contribution in [1.82, 2.24) is 27.4 Å². The second kappa shape index (κ2) is 30.5. The summed E-state index contributed by atoms with van der Waals surface area (Å²) in [4.78, 5) is 0. The predicted molar refractivity (Wildman–Crippen MR) is 532 cm³/mol. The van der Waals surface area contributed by atoms with E-state index in [1.54, 1.807) is 0 Å². The van der Waals surface area contributed by atoms with E-state index < -0.39 is 0 Å². The van der Waals surface area contributed by atoms with Crippen molar-refractivity contribution in [3.8, 4) is 28.4 Å². The first-order chi connectivity index (χ1) is 63.0. The lowest BCUT2D eigenvalue weighted by Crippen LogP contribution is -2.17. The van der Waals surface area contributed by atoms with Crippen LogP contribution in [0.15, 0.2) is 437 Å². The van der Waals surface area contributed by atoms with E-state index in [2.05, 4.69) is 464 Å². The molecule has 0 saturated carbocycles. The average molecular weight is 1620 g/mol. The van der Waals surface area contributed by atoms with Crippen molar-refractivity contribution in [1.29, 1.82) is 0 Å². The van der Waals surface area contributed by atoms with E-state index in [9.17, 15) is 0 Å². The van der Waals surface area contributed by atoms with E-state index >= 15 is 0 Å². The van der Waals surface area contributed by atoms with Crippen molar-refractivity contribution in [2.75, 3.05) is 0 Å². The van der Waals surface area contributed by atoms with E-state index in [4.69, 9.17) is 0 Å². The first-order valence-corrected chi connectivity index (χ1v) is 44.6. The highest BCUT2D eigenvalue weighted by molar-refractivity contribution is 6.14. The Morgan fingerprint density at radius 3 is 0.409 bits per heavy atom. The summed E-state index contributed by atoms with van der Waals surface area (Å²) in [6.45, 7) is 0.744. The minimum Gasteiger partial charge on any atom is -0.336 e.